The SMILES string of the molecule is C1=CC[C]([Hf][CH]2C=Cc3ccccc32)=C1.CCCC. The van der Waals surface area contributed by atoms with Crippen LogP contribution >= 0.6 is 0 Å². The van der Waals surface area contributed by atoms with Gasteiger partial charge < -0.3 is 0 Å². The van der Waals surface area contributed by atoms with Crippen molar-refractivity contribution in [1.29, 1.82) is 0 Å². The number of allylic oxidation sites excluding steroid dienone is 5. The molecule has 1 heteroatoms. The third-order valence-corrected chi connectivity index (χ3v) is 9.00. The van der Waals surface area contributed by atoms with Crippen molar-refractivity contribution in [1.82, 2.24) is 0 Å². The maximum absolute atomic E-state index is 2.42. The third-order valence-electron chi connectivity index (χ3n) is 3.41. The van der Waals surface area contributed by atoms with Gasteiger partial charge in [-0.15, -0.1) is 0 Å². The summed E-state index contributed by atoms with van der Waals surface area (Å²) in [4.78, 5) is 0. The zero-order valence-electron chi connectivity index (χ0n) is 11.9. The Morgan fingerprint density at radius 1 is 1.16 bits per heavy atom. The predicted molar refractivity (Wildman–Crippen MR) is 80.6 cm³/mol. The van der Waals surface area contributed by atoms with E-state index in [-0.39, 0.29) is 0 Å². The van der Waals surface area contributed by atoms with E-state index in [0.717, 1.165) is 3.67 Å². The molecule has 3 rings (SSSR count). The topological polar surface area (TPSA) is 0 Å². The Labute approximate surface area is 128 Å². The van der Waals surface area contributed by atoms with E-state index >= 15 is 0 Å². The van der Waals surface area contributed by atoms with Crippen molar-refractivity contribution < 1.29 is 22.9 Å². The second kappa shape index (κ2) is 7.79. The molecule has 0 aliphatic heterocycles. The van der Waals surface area contributed by atoms with Crippen molar-refractivity contribution in [3.8, 4) is 0 Å². The second-order valence-electron chi connectivity index (χ2n) is 4.93. The first-order valence-corrected chi connectivity index (χ1v) is 11.1. The van der Waals surface area contributed by atoms with Crippen LogP contribution in [0.4, 0.5) is 0 Å². The van der Waals surface area contributed by atoms with Crippen LogP contribution in [0.25, 0.3) is 6.08 Å². The third kappa shape index (κ3) is 4.14. The maximum Gasteiger partial charge on any atom is -0.0564 e. The van der Waals surface area contributed by atoms with Gasteiger partial charge in [0.1, 0.15) is 0 Å². The van der Waals surface area contributed by atoms with E-state index in [1.807, 2.05) is 0 Å². The van der Waals surface area contributed by atoms with Gasteiger partial charge in [-0.25, -0.2) is 0 Å². The number of hydrogen-bond donors (Lipinski definition) is 0. The van der Waals surface area contributed by atoms with Gasteiger partial charge in [-0.05, 0) is 0 Å². The van der Waals surface area contributed by atoms with Crippen molar-refractivity contribution in [3.05, 3.63) is 63.0 Å². The molecule has 0 radical (unpaired) electrons. The zero-order chi connectivity index (χ0) is 13.5. The molecule has 0 fully saturated rings. The average Bonchev–Trinajstić information content (AvgIpc) is 3.10. The van der Waals surface area contributed by atoms with Crippen LogP contribution in [0.2, 0.25) is 0 Å². The van der Waals surface area contributed by atoms with Crippen LogP contribution < -0.4 is 0 Å². The summed E-state index contributed by atoms with van der Waals surface area (Å²) in [6, 6.07) is 8.84. The number of rotatable bonds is 3. The van der Waals surface area contributed by atoms with Gasteiger partial charge in [0, 0.05) is 0 Å². The summed E-state index contributed by atoms with van der Waals surface area (Å²) >= 11 is -0.658. The van der Waals surface area contributed by atoms with Crippen molar-refractivity contribution in [2.75, 3.05) is 0 Å². The molecule has 0 N–H and O–H groups in total. The summed E-state index contributed by atoms with van der Waals surface area (Å²) in [6.07, 6.45) is 15.4. The molecule has 0 saturated heterocycles. The van der Waals surface area contributed by atoms with Gasteiger partial charge in [0.25, 0.3) is 0 Å². The van der Waals surface area contributed by atoms with E-state index in [2.05, 4.69) is 68.5 Å². The van der Waals surface area contributed by atoms with Crippen molar-refractivity contribution in [2.45, 2.75) is 36.8 Å². The van der Waals surface area contributed by atoms with E-state index in [1.165, 1.54) is 24.8 Å². The number of benzene rings is 1. The van der Waals surface area contributed by atoms with Gasteiger partial charge in [0.15, 0.2) is 0 Å². The van der Waals surface area contributed by atoms with Crippen LogP contribution in [0.15, 0.2) is 51.9 Å². The molecule has 1 atom stereocenters. The minimum absolute atomic E-state index is 0.658. The van der Waals surface area contributed by atoms with E-state index < -0.39 is 22.9 Å². The van der Waals surface area contributed by atoms with Crippen LogP contribution in [0.1, 0.15) is 47.9 Å². The molecule has 2 aliphatic carbocycles. The largest absolute Gasteiger partial charge is 0.0654 e. The van der Waals surface area contributed by atoms with Gasteiger partial charge >= 0.3 is 102 Å². The van der Waals surface area contributed by atoms with E-state index in [9.17, 15) is 0 Å². The summed E-state index contributed by atoms with van der Waals surface area (Å²) < 4.78 is 2.55. The Kier molecular flexibility index (Phi) is 6.03. The Morgan fingerprint density at radius 3 is 2.63 bits per heavy atom. The summed E-state index contributed by atoms with van der Waals surface area (Å²) in [5.41, 5.74) is 3.02. The maximum atomic E-state index is 2.42. The van der Waals surface area contributed by atoms with Crippen LogP contribution in [-0.2, 0) is 22.9 Å². The molecule has 0 spiro atoms. The van der Waals surface area contributed by atoms with Gasteiger partial charge in [0.2, 0.25) is 0 Å². The predicted octanol–water partition coefficient (Wildman–Crippen LogP) is 5.49. The van der Waals surface area contributed by atoms with Crippen LogP contribution in [0.3, 0.4) is 0 Å². The van der Waals surface area contributed by atoms with E-state index in [4.69, 9.17) is 0 Å². The Bertz CT molecular complexity index is 492. The first kappa shape index (κ1) is 14.7. The van der Waals surface area contributed by atoms with Crippen molar-refractivity contribution in [3.63, 3.8) is 0 Å². The molecule has 1 unspecified atom stereocenters. The second-order valence-corrected chi connectivity index (χ2v) is 10.5. The molecule has 2 aliphatic rings. The molecule has 1 aromatic rings. The fraction of sp³-hybridized carbons (Fsp3) is 0.333. The molecular weight excluding hydrogens is 395 g/mol. The fourth-order valence-corrected chi connectivity index (χ4v) is 7.30. The molecule has 0 saturated carbocycles. The minimum Gasteiger partial charge on any atom is -0.0654 e. The van der Waals surface area contributed by atoms with Gasteiger partial charge in [-0.2, -0.15) is 0 Å². The van der Waals surface area contributed by atoms with Crippen LogP contribution in [0.5, 0.6) is 0 Å². The number of fused-ring (bicyclic) bond motifs is 1. The van der Waals surface area contributed by atoms with Crippen molar-refractivity contribution in [2.24, 2.45) is 0 Å². The summed E-state index contributed by atoms with van der Waals surface area (Å²) in [5.74, 6) is 0. The van der Waals surface area contributed by atoms with E-state index in [0.29, 0.717) is 0 Å². The standard InChI is InChI=1S/C9H7.C5H5.C4H10.Hf/c1-2-5-9-7-3-6-8(9)4-1;1-2-4-5-3-1;1-3-4-2;/h1-7H;1-3H,4H2;3-4H2,1-2H3;. The molecule has 0 amide bonds. The number of unbranched alkanes of at least 4 members (excludes halogenated alkanes) is 1. The summed E-state index contributed by atoms with van der Waals surface area (Å²) in [5, 5.41) is 0. The molecule has 0 heterocycles. The van der Waals surface area contributed by atoms with Gasteiger partial charge in [0.05, 0.1) is 0 Å². The van der Waals surface area contributed by atoms with Gasteiger partial charge in [-0.3, -0.25) is 0 Å². The van der Waals surface area contributed by atoms with Crippen LogP contribution in [0, 0.1) is 0 Å². The normalized spacial score (nSPS) is 18.6. The smallest absolute Gasteiger partial charge is 0.0564 e. The fourth-order valence-electron chi connectivity index (χ4n) is 2.13. The first-order chi connectivity index (χ1) is 9.35. The Balaban J connectivity index is 0.000000297. The molecule has 0 aromatic heterocycles. The molecular formula is C18H22Hf. The monoisotopic (exact) mass is 418 g/mol. The van der Waals surface area contributed by atoms with Crippen molar-refractivity contribution >= 4 is 6.08 Å². The van der Waals surface area contributed by atoms with Crippen LogP contribution in [-0.4, -0.2) is 0 Å². The Morgan fingerprint density at radius 2 is 1.95 bits per heavy atom. The quantitative estimate of drug-likeness (QED) is 0.572. The molecule has 19 heavy (non-hydrogen) atoms. The minimum atomic E-state index is -0.658. The first-order valence-electron chi connectivity index (χ1n) is 7.24. The van der Waals surface area contributed by atoms with E-state index in [1.54, 1.807) is 8.89 Å². The zero-order valence-corrected chi connectivity index (χ0v) is 15.5. The molecule has 0 bridgehead atoms. The molecule has 98 valence electrons. The van der Waals surface area contributed by atoms with Gasteiger partial charge in [-0.1, -0.05) is 26.7 Å². The molecule has 0 nitrogen and oxygen atoms in total. The average molecular weight is 417 g/mol. The Hall–Kier alpha value is -0.690. The number of hydrogen-bond acceptors (Lipinski definition) is 0. The summed E-state index contributed by atoms with van der Waals surface area (Å²) in [7, 11) is 0. The summed E-state index contributed by atoms with van der Waals surface area (Å²) in [6.45, 7) is 4.36. The molecule has 1 aromatic carbocycles.